The first-order valence-corrected chi connectivity index (χ1v) is 14.9. The largest absolute Gasteiger partial charge is 0.403 e. The second-order valence-electron chi connectivity index (χ2n) is 10.5. The number of nitrogens with zero attached hydrogens (tertiary/aromatic N) is 2. The molecule has 1 atom stereocenters. The van der Waals surface area contributed by atoms with Gasteiger partial charge in [-0.15, -0.1) is 0 Å². The van der Waals surface area contributed by atoms with E-state index in [1.807, 2.05) is 0 Å². The average Bonchev–Trinajstić information content (AvgIpc) is 3.21. The predicted molar refractivity (Wildman–Crippen MR) is 134 cm³/mol. The first kappa shape index (κ1) is 24.1. The van der Waals surface area contributed by atoms with E-state index in [9.17, 15) is 0 Å². The van der Waals surface area contributed by atoms with Gasteiger partial charge in [0.15, 0.2) is 8.32 Å². The van der Waals surface area contributed by atoms with E-state index in [0.717, 1.165) is 26.1 Å². The fraction of sp³-hybridized carbons (Fsp3) is 0.538. The van der Waals surface area contributed by atoms with Crippen LogP contribution < -0.4 is 5.32 Å². The van der Waals surface area contributed by atoms with Crippen molar-refractivity contribution in [2.24, 2.45) is 0 Å². The topological polar surface area (TPSA) is 27.7 Å². The van der Waals surface area contributed by atoms with Crippen molar-refractivity contribution in [1.29, 1.82) is 0 Å². The molecule has 1 saturated heterocycles. The lowest BCUT2D eigenvalue weighted by Gasteiger charge is -2.44. The van der Waals surface area contributed by atoms with Crippen molar-refractivity contribution in [3.05, 3.63) is 70.8 Å². The van der Waals surface area contributed by atoms with Gasteiger partial charge in [-0.05, 0) is 89.5 Å². The van der Waals surface area contributed by atoms with Gasteiger partial charge in [0, 0.05) is 19.1 Å². The zero-order valence-corrected chi connectivity index (χ0v) is 21.5. The lowest BCUT2D eigenvalue weighted by molar-refractivity contribution is 0.0639. The van der Waals surface area contributed by atoms with Gasteiger partial charge in [0.1, 0.15) is 5.60 Å². The minimum Gasteiger partial charge on any atom is -0.403 e. The normalized spacial score (nSPS) is 17.6. The third kappa shape index (κ3) is 6.05. The van der Waals surface area contributed by atoms with Crippen molar-refractivity contribution < 1.29 is 4.43 Å². The first-order chi connectivity index (χ1) is 14.6. The van der Waals surface area contributed by atoms with Crippen LogP contribution in [0.1, 0.15) is 35.1 Å². The summed E-state index contributed by atoms with van der Waals surface area (Å²) in [4.78, 5) is 4.42. The number of nitrogens with one attached hydrogen (secondary N) is 1. The molecule has 0 amide bonds. The Morgan fingerprint density at radius 2 is 1.29 bits per heavy atom. The molecule has 0 saturated carbocycles. The Bertz CT molecular complexity index is 766. The predicted octanol–water partition coefficient (Wildman–Crippen LogP) is 4.66. The summed E-state index contributed by atoms with van der Waals surface area (Å²) in [5, 5.41) is 3.79. The molecule has 0 unspecified atom stereocenters. The van der Waals surface area contributed by atoms with Crippen LogP contribution in [0.2, 0.25) is 19.6 Å². The highest BCUT2D eigenvalue weighted by molar-refractivity contribution is 6.69. The highest BCUT2D eigenvalue weighted by Crippen LogP contribution is 2.42. The number of rotatable bonds is 9. The van der Waals surface area contributed by atoms with Gasteiger partial charge in [0.05, 0.1) is 0 Å². The van der Waals surface area contributed by atoms with E-state index in [4.69, 9.17) is 4.43 Å². The molecule has 1 aliphatic heterocycles. The van der Waals surface area contributed by atoms with E-state index in [1.54, 1.807) is 0 Å². The van der Waals surface area contributed by atoms with Crippen molar-refractivity contribution in [2.75, 3.05) is 34.7 Å². The lowest BCUT2D eigenvalue weighted by Crippen LogP contribution is -2.53. The summed E-state index contributed by atoms with van der Waals surface area (Å²) >= 11 is 0. The summed E-state index contributed by atoms with van der Waals surface area (Å²) in [6, 6.07) is 18.6. The van der Waals surface area contributed by atoms with Crippen molar-refractivity contribution in [2.45, 2.75) is 57.2 Å². The van der Waals surface area contributed by atoms with E-state index >= 15 is 0 Å². The standard InChI is InChI=1S/C26H41N3OSi/c1-28(2)19-21-10-14-23(15-11-21)26(30-31(5,6)7,25-9-8-18-27-25)24-16-12-22(13-17-24)20-29(3)4/h10-17,25,27H,8-9,18-20H2,1-7H3/t25-/m0/s1. The highest BCUT2D eigenvalue weighted by Gasteiger charge is 2.47. The van der Waals surface area contributed by atoms with Crippen LogP contribution in [0.3, 0.4) is 0 Å². The smallest absolute Gasteiger partial charge is 0.185 e. The summed E-state index contributed by atoms with van der Waals surface area (Å²) in [6.45, 7) is 9.86. The molecule has 1 heterocycles. The summed E-state index contributed by atoms with van der Waals surface area (Å²) < 4.78 is 7.18. The minimum atomic E-state index is -1.86. The Hall–Kier alpha value is -1.50. The lowest BCUT2D eigenvalue weighted by atomic mass is 9.79. The summed E-state index contributed by atoms with van der Waals surface area (Å²) in [5.74, 6) is 0. The molecule has 170 valence electrons. The zero-order valence-electron chi connectivity index (χ0n) is 20.5. The fourth-order valence-electron chi connectivity index (χ4n) is 4.72. The molecule has 0 bridgehead atoms. The molecule has 0 radical (unpaired) electrons. The van der Waals surface area contributed by atoms with Crippen LogP contribution in [0, 0.1) is 0 Å². The Balaban J connectivity index is 2.11. The van der Waals surface area contributed by atoms with Crippen molar-refractivity contribution in [1.82, 2.24) is 15.1 Å². The highest BCUT2D eigenvalue weighted by atomic mass is 28.4. The maximum Gasteiger partial charge on any atom is 0.185 e. The van der Waals surface area contributed by atoms with Crippen LogP contribution in [0.5, 0.6) is 0 Å². The van der Waals surface area contributed by atoms with E-state index < -0.39 is 13.9 Å². The second-order valence-corrected chi connectivity index (χ2v) is 14.9. The quantitative estimate of drug-likeness (QED) is 0.575. The molecule has 0 aliphatic carbocycles. The van der Waals surface area contributed by atoms with E-state index in [1.165, 1.54) is 28.7 Å². The van der Waals surface area contributed by atoms with Gasteiger partial charge >= 0.3 is 0 Å². The Morgan fingerprint density at radius 1 is 0.839 bits per heavy atom. The number of hydrogen-bond donors (Lipinski definition) is 1. The van der Waals surface area contributed by atoms with E-state index in [2.05, 4.69) is 111 Å². The van der Waals surface area contributed by atoms with Gasteiger partial charge in [-0.1, -0.05) is 48.5 Å². The third-order valence-electron chi connectivity index (χ3n) is 5.78. The summed E-state index contributed by atoms with van der Waals surface area (Å²) in [5.41, 5.74) is 4.72. The molecular formula is C26H41N3OSi. The third-order valence-corrected chi connectivity index (χ3v) is 6.72. The monoisotopic (exact) mass is 439 g/mol. The van der Waals surface area contributed by atoms with Crippen molar-refractivity contribution in [3.63, 3.8) is 0 Å². The van der Waals surface area contributed by atoms with Gasteiger partial charge in [0.2, 0.25) is 0 Å². The van der Waals surface area contributed by atoms with Gasteiger partial charge in [-0.2, -0.15) is 0 Å². The zero-order chi connectivity index (χ0) is 22.6. The minimum absolute atomic E-state index is 0.277. The van der Waals surface area contributed by atoms with Crippen LogP contribution in [0.15, 0.2) is 48.5 Å². The molecule has 2 aromatic carbocycles. The Labute approximate surface area is 190 Å². The molecule has 0 spiro atoms. The molecule has 4 nitrogen and oxygen atoms in total. The fourth-order valence-corrected chi connectivity index (χ4v) is 6.06. The molecule has 31 heavy (non-hydrogen) atoms. The van der Waals surface area contributed by atoms with Crippen LogP contribution >= 0.6 is 0 Å². The summed E-state index contributed by atoms with van der Waals surface area (Å²) in [7, 11) is 6.60. The molecule has 1 aliphatic rings. The Morgan fingerprint density at radius 3 is 1.61 bits per heavy atom. The van der Waals surface area contributed by atoms with Crippen molar-refractivity contribution >= 4 is 8.32 Å². The molecule has 1 fully saturated rings. The molecule has 0 aromatic heterocycles. The SMILES string of the molecule is CN(C)Cc1ccc(C(O[Si](C)(C)C)(c2ccc(CN(C)C)cc2)[C@@H]2CCCN2)cc1. The first-order valence-electron chi connectivity index (χ1n) is 11.5. The second kappa shape index (κ2) is 9.97. The van der Waals surface area contributed by atoms with Crippen LogP contribution in [-0.4, -0.2) is 58.9 Å². The van der Waals surface area contributed by atoms with Crippen LogP contribution in [-0.2, 0) is 23.1 Å². The number of hydrogen-bond acceptors (Lipinski definition) is 4. The van der Waals surface area contributed by atoms with Gasteiger partial charge in [0.25, 0.3) is 0 Å². The molecule has 3 rings (SSSR count). The molecule has 5 heteroatoms. The maximum atomic E-state index is 7.18. The Kier molecular flexibility index (Phi) is 7.76. The van der Waals surface area contributed by atoms with E-state index in [0.29, 0.717) is 0 Å². The molecule has 2 aromatic rings. The van der Waals surface area contributed by atoms with Gasteiger partial charge < -0.3 is 19.5 Å². The van der Waals surface area contributed by atoms with Crippen molar-refractivity contribution in [3.8, 4) is 0 Å². The average molecular weight is 440 g/mol. The van der Waals surface area contributed by atoms with E-state index in [-0.39, 0.29) is 6.04 Å². The maximum absolute atomic E-state index is 7.18. The van der Waals surface area contributed by atoms with Crippen LogP contribution in [0.4, 0.5) is 0 Å². The van der Waals surface area contributed by atoms with Crippen LogP contribution in [0.25, 0.3) is 0 Å². The number of benzene rings is 2. The summed E-state index contributed by atoms with van der Waals surface area (Å²) in [6.07, 6.45) is 2.32. The molecule has 1 N–H and O–H groups in total. The van der Waals surface area contributed by atoms with Gasteiger partial charge in [-0.25, -0.2) is 0 Å². The van der Waals surface area contributed by atoms with Gasteiger partial charge in [-0.3, -0.25) is 0 Å². The molecular weight excluding hydrogens is 398 g/mol.